The van der Waals surface area contributed by atoms with Gasteiger partial charge in [0.05, 0.1) is 23.4 Å². The van der Waals surface area contributed by atoms with Gasteiger partial charge >= 0.3 is 12.1 Å². The smallest absolute Gasteiger partial charge is 0.416 e. The Balaban J connectivity index is 1.52. The first kappa shape index (κ1) is 25.8. The molecule has 6 nitrogen and oxygen atoms in total. The fourth-order valence-corrected chi connectivity index (χ4v) is 6.07. The van der Waals surface area contributed by atoms with Crippen molar-refractivity contribution in [1.82, 2.24) is 9.80 Å². The minimum atomic E-state index is -4.46. The molecule has 0 spiro atoms. The first-order chi connectivity index (χ1) is 16.5. The van der Waals surface area contributed by atoms with E-state index in [-0.39, 0.29) is 31.1 Å². The number of likely N-dealkylation sites (tertiary alicyclic amines) is 1. The third-order valence-corrected chi connectivity index (χ3v) is 8.29. The van der Waals surface area contributed by atoms with Gasteiger partial charge in [-0.25, -0.2) is 0 Å². The van der Waals surface area contributed by atoms with Gasteiger partial charge in [0, 0.05) is 18.2 Å². The number of benzene rings is 1. The Morgan fingerprint density at radius 3 is 2.63 bits per heavy atom. The Morgan fingerprint density at radius 2 is 1.94 bits per heavy atom. The molecule has 1 aromatic carbocycles. The quantitative estimate of drug-likeness (QED) is 0.624. The zero-order valence-corrected chi connectivity index (χ0v) is 20.4. The van der Waals surface area contributed by atoms with Gasteiger partial charge in [-0.05, 0) is 62.8 Å². The van der Waals surface area contributed by atoms with Crippen LogP contribution in [-0.4, -0.2) is 52.6 Å². The molecule has 2 heterocycles. The molecule has 1 unspecified atom stereocenters. The summed E-state index contributed by atoms with van der Waals surface area (Å²) < 4.78 is 45.3. The van der Waals surface area contributed by atoms with Gasteiger partial charge in [0.15, 0.2) is 6.73 Å². The number of carbonyl (C=O) groups excluding carboxylic acids is 1. The highest BCUT2D eigenvalue weighted by atomic mass is 19.4. The van der Waals surface area contributed by atoms with Gasteiger partial charge in [-0.2, -0.15) is 13.2 Å². The van der Waals surface area contributed by atoms with Crippen LogP contribution in [0.5, 0.6) is 5.75 Å². The molecule has 1 N–H and O–H groups in total. The summed E-state index contributed by atoms with van der Waals surface area (Å²) in [6.45, 7) is 5.48. The third kappa shape index (κ3) is 5.29. The molecule has 194 valence electrons. The van der Waals surface area contributed by atoms with Gasteiger partial charge in [-0.3, -0.25) is 14.5 Å². The Hall–Kier alpha value is -2.29. The number of ether oxygens (including phenoxy) is 1. The molecule has 0 radical (unpaired) electrons. The van der Waals surface area contributed by atoms with E-state index in [1.165, 1.54) is 6.07 Å². The van der Waals surface area contributed by atoms with Gasteiger partial charge in [0.25, 0.3) is 0 Å². The molecule has 2 fully saturated rings. The van der Waals surface area contributed by atoms with Crippen LogP contribution in [0.15, 0.2) is 18.2 Å². The van der Waals surface area contributed by atoms with Gasteiger partial charge in [-0.15, -0.1) is 0 Å². The molecule has 3 aliphatic rings. The van der Waals surface area contributed by atoms with Crippen molar-refractivity contribution in [2.45, 2.75) is 77.6 Å². The Morgan fingerprint density at radius 1 is 1.17 bits per heavy atom. The number of fused-ring (bicyclic) bond motifs is 1. The number of rotatable bonds is 4. The number of amides is 1. The normalized spacial score (nSPS) is 28.2. The molecule has 1 aromatic rings. The highest BCUT2D eigenvalue weighted by Gasteiger charge is 2.51. The van der Waals surface area contributed by atoms with Crippen LogP contribution in [0.4, 0.5) is 13.2 Å². The van der Waals surface area contributed by atoms with E-state index >= 15 is 0 Å². The zero-order valence-electron chi connectivity index (χ0n) is 20.4. The lowest BCUT2D eigenvalue weighted by molar-refractivity contribution is -0.150. The summed E-state index contributed by atoms with van der Waals surface area (Å²) in [4.78, 5) is 29.4. The van der Waals surface area contributed by atoms with Crippen LogP contribution in [0.25, 0.3) is 0 Å². The molecule has 0 aromatic heterocycles. The van der Waals surface area contributed by atoms with E-state index in [4.69, 9.17) is 4.74 Å². The average Bonchev–Trinajstić information content (AvgIpc) is 3.23. The standard InChI is InChI=1S/C26H35F3N2O4/c1-17(2)25(10-9-21(13-25)30-11-5-3-4-6-18(14-30)23(32)33)24(34)31-15-19-12-20(26(27,28)29)7-8-22(19)35-16-31/h7-8,12,17-18,21H,3-6,9-11,13-16H2,1-2H3,(H,32,33)/t18?,21-,25+/m1/s1. The first-order valence-electron chi connectivity index (χ1n) is 12.6. The molecule has 3 atom stereocenters. The fourth-order valence-electron chi connectivity index (χ4n) is 6.07. The summed E-state index contributed by atoms with van der Waals surface area (Å²) >= 11 is 0. The highest BCUT2D eigenvalue weighted by Crippen LogP contribution is 2.48. The molecule has 0 bridgehead atoms. The van der Waals surface area contributed by atoms with Crippen LogP contribution < -0.4 is 4.74 Å². The van der Waals surface area contributed by atoms with Gasteiger partial charge < -0.3 is 14.7 Å². The molecule has 2 aliphatic heterocycles. The van der Waals surface area contributed by atoms with Crippen LogP contribution in [0.3, 0.4) is 0 Å². The van der Waals surface area contributed by atoms with E-state index in [0.29, 0.717) is 37.1 Å². The van der Waals surface area contributed by atoms with Crippen molar-refractivity contribution in [3.05, 3.63) is 29.3 Å². The van der Waals surface area contributed by atoms with E-state index < -0.39 is 29.0 Å². The Labute approximate surface area is 204 Å². The number of carboxylic acids is 1. The lowest BCUT2D eigenvalue weighted by atomic mass is 9.74. The zero-order chi connectivity index (χ0) is 25.4. The molecular weight excluding hydrogens is 461 g/mol. The van der Waals surface area contributed by atoms with Crippen LogP contribution in [0.1, 0.15) is 69.9 Å². The Bertz CT molecular complexity index is 951. The summed E-state index contributed by atoms with van der Waals surface area (Å²) in [5.41, 5.74) is -1.03. The lowest BCUT2D eigenvalue weighted by Crippen LogP contribution is -2.49. The van der Waals surface area contributed by atoms with Crippen LogP contribution >= 0.6 is 0 Å². The SMILES string of the molecule is CC(C)[C@]1(C(=O)N2COc3ccc(C(F)(F)F)cc3C2)CC[C@@H](N2CCCCCC(C(=O)O)C2)C1. The molecule has 35 heavy (non-hydrogen) atoms. The predicted molar refractivity (Wildman–Crippen MR) is 124 cm³/mol. The average molecular weight is 497 g/mol. The van der Waals surface area contributed by atoms with Crippen molar-refractivity contribution in [3.8, 4) is 5.75 Å². The number of nitrogens with zero attached hydrogens (tertiary/aromatic N) is 2. The van der Waals surface area contributed by atoms with Gasteiger partial charge in [0.1, 0.15) is 5.75 Å². The first-order valence-corrected chi connectivity index (χ1v) is 12.6. The van der Waals surface area contributed by atoms with Gasteiger partial charge in [0.2, 0.25) is 5.91 Å². The maximum absolute atomic E-state index is 13.9. The molecule has 1 aliphatic carbocycles. The maximum Gasteiger partial charge on any atom is 0.416 e. The molecule has 4 rings (SSSR count). The summed E-state index contributed by atoms with van der Waals surface area (Å²) in [5, 5.41) is 9.64. The number of carbonyl (C=O) groups is 2. The molecule has 1 saturated heterocycles. The summed E-state index contributed by atoms with van der Waals surface area (Å²) in [5.74, 6) is -0.823. The number of carboxylic acid groups (broad SMARTS) is 1. The number of hydrogen-bond acceptors (Lipinski definition) is 4. The third-order valence-electron chi connectivity index (χ3n) is 8.29. The second-order valence-electron chi connectivity index (χ2n) is 10.7. The highest BCUT2D eigenvalue weighted by molar-refractivity contribution is 5.83. The minimum Gasteiger partial charge on any atom is -0.481 e. The largest absolute Gasteiger partial charge is 0.481 e. The van der Waals surface area contributed by atoms with E-state index in [1.54, 1.807) is 4.90 Å². The molecule has 1 amide bonds. The summed E-state index contributed by atoms with van der Waals surface area (Å²) in [6.07, 6.45) is 1.28. The predicted octanol–water partition coefficient (Wildman–Crippen LogP) is 5.16. The molecule has 1 saturated carbocycles. The maximum atomic E-state index is 13.9. The van der Waals surface area contributed by atoms with E-state index in [2.05, 4.69) is 4.90 Å². The van der Waals surface area contributed by atoms with Crippen molar-refractivity contribution in [2.24, 2.45) is 17.3 Å². The number of halogens is 3. The van der Waals surface area contributed by atoms with Crippen LogP contribution in [-0.2, 0) is 22.3 Å². The van der Waals surface area contributed by atoms with Crippen LogP contribution in [0, 0.1) is 17.3 Å². The van der Waals surface area contributed by atoms with Crippen molar-refractivity contribution < 1.29 is 32.6 Å². The number of alkyl halides is 3. The van der Waals surface area contributed by atoms with E-state index in [0.717, 1.165) is 44.4 Å². The van der Waals surface area contributed by atoms with Crippen molar-refractivity contribution >= 4 is 11.9 Å². The number of hydrogen-bond donors (Lipinski definition) is 1. The monoisotopic (exact) mass is 496 g/mol. The minimum absolute atomic E-state index is 0.0150. The van der Waals surface area contributed by atoms with Gasteiger partial charge in [-0.1, -0.05) is 26.7 Å². The van der Waals surface area contributed by atoms with E-state index in [1.807, 2.05) is 13.8 Å². The summed E-state index contributed by atoms with van der Waals surface area (Å²) in [6, 6.07) is 3.52. The number of aliphatic carboxylic acids is 1. The molecular formula is C26H35F3N2O4. The topological polar surface area (TPSA) is 70.1 Å². The van der Waals surface area contributed by atoms with E-state index in [9.17, 15) is 27.9 Å². The summed E-state index contributed by atoms with van der Waals surface area (Å²) in [7, 11) is 0. The lowest BCUT2D eigenvalue weighted by Gasteiger charge is -2.40. The second-order valence-corrected chi connectivity index (χ2v) is 10.7. The fraction of sp³-hybridized carbons (Fsp3) is 0.692. The van der Waals surface area contributed by atoms with Crippen molar-refractivity contribution in [2.75, 3.05) is 19.8 Å². The van der Waals surface area contributed by atoms with Crippen molar-refractivity contribution in [3.63, 3.8) is 0 Å². The molecule has 9 heteroatoms. The Kier molecular flexibility index (Phi) is 7.36. The second kappa shape index (κ2) is 9.99. The van der Waals surface area contributed by atoms with Crippen LogP contribution in [0.2, 0.25) is 0 Å². The van der Waals surface area contributed by atoms with Crippen molar-refractivity contribution in [1.29, 1.82) is 0 Å².